The molecule has 0 saturated carbocycles. The number of nitrogens with zero attached hydrogens (tertiary/aromatic N) is 4. The molecule has 0 aliphatic heterocycles. The average molecular weight is 435 g/mol. The van der Waals surface area contributed by atoms with Crippen molar-refractivity contribution in [3.05, 3.63) is 52.5 Å². The Morgan fingerprint density at radius 1 is 1.23 bits per heavy atom. The Bertz CT molecular complexity index is 1160. The highest BCUT2D eigenvalue weighted by atomic mass is 32.2. The molecule has 3 aromatic rings. The molecule has 1 amide bonds. The number of nitrogens with two attached hydrogens (primary N) is 1. The van der Waals surface area contributed by atoms with Crippen LogP contribution in [0.15, 0.2) is 40.7 Å². The largest absolute Gasteiger partial charge is 0.383 e. The van der Waals surface area contributed by atoms with Crippen molar-refractivity contribution in [2.45, 2.75) is 30.5 Å². The number of aryl methyl sites for hydroxylation is 1. The zero-order valence-electron chi connectivity index (χ0n) is 16.3. The van der Waals surface area contributed by atoms with Gasteiger partial charge in [0, 0.05) is 16.1 Å². The fourth-order valence-electron chi connectivity index (χ4n) is 2.83. The van der Waals surface area contributed by atoms with Crippen molar-refractivity contribution in [2.24, 2.45) is 0 Å². The van der Waals surface area contributed by atoms with Crippen molar-refractivity contribution in [1.29, 1.82) is 10.5 Å². The normalized spacial score (nSPS) is 11.3. The number of aromatic nitrogens is 2. The van der Waals surface area contributed by atoms with Gasteiger partial charge >= 0.3 is 0 Å². The fraction of sp³-hybridized carbons (Fsp3) is 0.190. The number of thioether (sulfide) groups is 1. The van der Waals surface area contributed by atoms with Crippen LogP contribution in [0.5, 0.6) is 0 Å². The van der Waals surface area contributed by atoms with Gasteiger partial charge < -0.3 is 11.1 Å². The molecule has 0 aromatic carbocycles. The number of carbonyl (C=O) groups excluding carboxylic acids is 1. The van der Waals surface area contributed by atoms with E-state index in [1.165, 1.54) is 11.3 Å². The standard InChI is InChI=1S/C21H18N6OS2/c1-3-15(20(28)26-17-8-4-6-12(2)25-17)30-21-14(11-23)18(16-7-5-9-29-16)13(10-22)19(24)27-21/h4-9,15H,3H2,1-2H3,(H2,24,27)(H,25,26,28). The van der Waals surface area contributed by atoms with E-state index >= 15 is 0 Å². The molecular weight excluding hydrogens is 416 g/mol. The van der Waals surface area contributed by atoms with Gasteiger partial charge in [-0.2, -0.15) is 10.5 Å². The number of hydrogen-bond acceptors (Lipinski definition) is 8. The molecule has 0 spiro atoms. The summed E-state index contributed by atoms with van der Waals surface area (Å²) < 4.78 is 0. The van der Waals surface area contributed by atoms with Crippen molar-refractivity contribution < 1.29 is 4.79 Å². The Morgan fingerprint density at radius 2 is 2.00 bits per heavy atom. The van der Waals surface area contributed by atoms with Gasteiger partial charge in [-0.1, -0.05) is 30.8 Å². The third-order valence-corrected chi connectivity index (χ3v) is 6.48. The summed E-state index contributed by atoms with van der Waals surface area (Å²) in [5, 5.41) is 23.9. The minimum absolute atomic E-state index is 0.0398. The lowest BCUT2D eigenvalue weighted by Crippen LogP contribution is -2.25. The fourth-order valence-corrected chi connectivity index (χ4v) is 4.63. The number of nitrogen functional groups attached to an aromatic ring is 1. The summed E-state index contributed by atoms with van der Waals surface area (Å²) in [7, 11) is 0. The molecule has 150 valence electrons. The van der Waals surface area contributed by atoms with Crippen LogP contribution in [0.1, 0.15) is 30.2 Å². The van der Waals surface area contributed by atoms with Gasteiger partial charge in [-0.05, 0) is 36.9 Å². The number of hydrogen-bond donors (Lipinski definition) is 2. The second kappa shape index (κ2) is 9.40. The number of amides is 1. The van der Waals surface area contributed by atoms with E-state index in [2.05, 4.69) is 27.4 Å². The van der Waals surface area contributed by atoms with Crippen molar-refractivity contribution in [3.63, 3.8) is 0 Å². The molecule has 3 N–H and O–H groups in total. The van der Waals surface area contributed by atoms with Crippen LogP contribution in [-0.4, -0.2) is 21.1 Å². The number of rotatable bonds is 6. The van der Waals surface area contributed by atoms with E-state index in [-0.39, 0.29) is 22.9 Å². The zero-order valence-corrected chi connectivity index (χ0v) is 18.0. The highest BCUT2D eigenvalue weighted by molar-refractivity contribution is 8.00. The number of pyridine rings is 2. The van der Waals surface area contributed by atoms with Crippen LogP contribution >= 0.6 is 23.1 Å². The summed E-state index contributed by atoms with van der Waals surface area (Å²) in [4.78, 5) is 22.1. The summed E-state index contributed by atoms with van der Waals surface area (Å²) in [6.45, 7) is 3.72. The van der Waals surface area contributed by atoms with Crippen LogP contribution in [0, 0.1) is 29.6 Å². The molecule has 0 aliphatic rings. The third-order valence-electron chi connectivity index (χ3n) is 4.24. The molecule has 1 atom stereocenters. The van der Waals surface area contributed by atoms with Gasteiger partial charge in [-0.3, -0.25) is 4.79 Å². The van der Waals surface area contributed by atoms with E-state index in [0.29, 0.717) is 22.8 Å². The molecule has 30 heavy (non-hydrogen) atoms. The maximum absolute atomic E-state index is 12.8. The minimum atomic E-state index is -0.518. The first-order chi connectivity index (χ1) is 14.5. The molecule has 7 nitrogen and oxygen atoms in total. The number of carbonyl (C=O) groups is 1. The molecule has 0 fully saturated rings. The average Bonchev–Trinajstić information content (AvgIpc) is 3.25. The lowest BCUT2D eigenvalue weighted by molar-refractivity contribution is -0.115. The molecule has 1 unspecified atom stereocenters. The topological polar surface area (TPSA) is 128 Å². The van der Waals surface area contributed by atoms with Gasteiger partial charge in [0.15, 0.2) is 0 Å². The van der Waals surface area contributed by atoms with Gasteiger partial charge in [0.1, 0.15) is 34.4 Å². The summed E-state index contributed by atoms with van der Waals surface area (Å²) in [6.07, 6.45) is 0.503. The van der Waals surface area contributed by atoms with Crippen molar-refractivity contribution >= 4 is 40.6 Å². The smallest absolute Gasteiger partial charge is 0.239 e. The lowest BCUT2D eigenvalue weighted by Gasteiger charge is -2.17. The van der Waals surface area contributed by atoms with Crippen LogP contribution < -0.4 is 11.1 Å². The van der Waals surface area contributed by atoms with Crippen molar-refractivity contribution in [1.82, 2.24) is 9.97 Å². The van der Waals surface area contributed by atoms with E-state index < -0.39 is 5.25 Å². The van der Waals surface area contributed by atoms with E-state index in [0.717, 1.165) is 22.3 Å². The monoisotopic (exact) mass is 434 g/mol. The number of nitrogens with one attached hydrogen (secondary N) is 1. The second-order valence-electron chi connectivity index (χ2n) is 6.30. The van der Waals surface area contributed by atoms with E-state index in [9.17, 15) is 15.3 Å². The molecule has 0 radical (unpaired) electrons. The van der Waals surface area contributed by atoms with E-state index in [1.807, 2.05) is 43.5 Å². The Kier molecular flexibility index (Phi) is 6.68. The minimum Gasteiger partial charge on any atom is -0.383 e. The Labute approximate surface area is 182 Å². The highest BCUT2D eigenvalue weighted by Crippen LogP contribution is 2.39. The first-order valence-corrected chi connectivity index (χ1v) is 10.8. The zero-order chi connectivity index (χ0) is 21.7. The first kappa shape index (κ1) is 21.3. The van der Waals surface area contributed by atoms with Crippen LogP contribution in [0.25, 0.3) is 10.4 Å². The third kappa shape index (κ3) is 4.43. The highest BCUT2D eigenvalue weighted by Gasteiger charge is 2.26. The Hall–Kier alpha value is -3.40. The van der Waals surface area contributed by atoms with Crippen LogP contribution in [0.2, 0.25) is 0 Å². The van der Waals surface area contributed by atoms with Crippen LogP contribution in [-0.2, 0) is 4.79 Å². The van der Waals surface area contributed by atoms with Crippen molar-refractivity contribution in [3.8, 4) is 22.6 Å². The Morgan fingerprint density at radius 3 is 2.60 bits per heavy atom. The number of anilines is 2. The predicted octanol–water partition coefficient (Wildman–Crippen LogP) is 4.35. The molecule has 9 heteroatoms. The molecule has 3 aromatic heterocycles. The maximum atomic E-state index is 12.8. The van der Waals surface area contributed by atoms with E-state index in [1.54, 1.807) is 6.07 Å². The SMILES string of the molecule is CCC(Sc1nc(N)c(C#N)c(-c2cccs2)c1C#N)C(=O)Nc1cccc(C)n1. The van der Waals surface area contributed by atoms with Crippen molar-refractivity contribution in [2.75, 3.05) is 11.1 Å². The molecule has 0 bridgehead atoms. The molecule has 3 rings (SSSR count). The maximum Gasteiger partial charge on any atom is 0.239 e. The van der Waals surface area contributed by atoms with Crippen LogP contribution in [0.4, 0.5) is 11.6 Å². The number of nitriles is 2. The lowest BCUT2D eigenvalue weighted by atomic mass is 10.0. The molecule has 0 saturated heterocycles. The van der Waals surface area contributed by atoms with Gasteiger partial charge in [0.2, 0.25) is 5.91 Å². The second-order valence-corrected chi connectivity index (χ2v) is 8.44. The quantitative estimate of drug-likeness (QED) is 0.552. The van der Waals surface area contributed by atoms with E-state index in [4.69, 9.17) is 5.73 Å². The Balaban J connectivity index is 1.98. The summed E-state index contributed by atoms with van der Waals surface area (Å²) in [5.41, 5.74) is 7.70. The molecular formula is C21H18N6OS2. The van der Waals surface area contributed by atoms with Crippen LogP contribution in [0.3, 0.4) is 0 Å². The van der Waals surface area contributed by atoms with Gasteiger partial charge in [0.25, 0.3) is 0 Å². The van der Waals surface area contributed by atoms with Gasteiger partial charge in [-0.15, -0.1) is 11.3 Å². The molecule has 0 aliphatic carbocycles. The summed E-state index contributed by atoms with van der Waals surface area (Å²) in [6, 6.07) is 13.2. The molecule has 3 heterocycles. The predicted molar refractivity (Wildman–Crippen MR) is 119 cm³/mol. The summed E-state index contributed by atoms with van der Waals surface area (Å²) in [5.74, 6) is 0.260. The summed E-state index contributed by atoms with van der Waals surface area (Å²) >= 11 is 2.56. The van der Waals surface area contributed by atoms with Gasteiger partial charge in [0.05, 0.1) is 10.8 Å². The first-order valence-electron chi connectivity index (χ1n) is 9.07. The van der Waals surface area contributed by atoms with Gasteiger partial charge in [-0.25, -0.2) is 9.97 Å². The number of thiophene rings is 1.